The monoisotopic (exact) mass is 281 g/mol. The number of hydrogen-bond acceptors (Lipinski definition) is 4. The largest absolute Gasteiger partial charge is 0.320 e. The third-order valence-corrected chi connectivity index (χ3v) is 4.15. The molecule has 1 rings (SSSR count). The van der Waals surface area contributed by atoms with Crippen molar-refractivity contribution < 1.29 is 8.42 Å². The van der Waals surface area contributed by atoms with Gasteiger partial charge in [0.2, 0.25) is 10.0 Å². The molecule has 0 fully saturated rings. The number of rotatable bonds is 5. The average Bonchev–Trinajstić information content (AvgIpc) is 2.43. The smallest absolute Gasteiger partial charge is 0.242 e. The van der Waals surface area contributed by atoms with Gasteiger partial charge in [0.1, 0.15) is 4.90 Å². The third-order valence-electron chi connectivity index (χ3n) is 2.67. The number of pyridine rings is 1. The van der Waals surface area contributed by atoms with Crippen LogP contribution in [0.2, 0.25) is 0 Å². The van der Waals surface area contributed by atoms with E-state index in [4.69, 9.17) is 5.73 Å². The molecular weight excluding hydrogens is 262 g/mol. The fourth-order valence-electron chi connectivity index (χ4n) is 1.53. The van der Waals surface area contributed by atoms with Crippen molar-refractivity contribution in [3.05, 3.63) is 24.0 Å². The molecule has 0 atom stereocenters. The van der Waals surface area contributed by atoms with E-state index in [0.29, 0.717) is 5.56 Å². The highest BCUT2D eigenvalue weighted by atomic mass is 32.2. The lowest BCUT2D eigenvalue weighted by molar-refractivity contribution is 0.530. The van der Waals surface area contributed by atoms with Gasteiger partial charge in [0.15, 0.2) is 0 Å². The number of nitrogens with one attached hydrogen (secondary N) is 1. The maximum absolute atomic E-state index is 12.2. The first-order chi connectivity index (χ1) is 9.03. The van der Waals surface area contributed by atoms with Crippen molar-refractivity contribution in [3.63, 3.8) is 0 Å². The Morgan fingerprint density at radius 1 is 1.37 bits per heavy atom. The zero-order valence-corrected chi connectivity index (χ0v) is 12.0. The Bertz CT molecular complexity index is 569. The van der Waals surface area contributed by atoms with Gasteiger partial charge in [0, 0.05) is 24.0 Å². The summed E-state index contributed by atoms with van der Waals surface area (Å²) in [4.78, 5) is 4.03. The van der Waals surface area contributed by atoms with E-state index in [2.05, 4.69) is 21.5 Å². The van der Waals surface area contributed by atoms with Crippen molar-refractivity contribution in [2.75, 3.05) is 6.54 Å². The normalized spacial score (nSPS) is 11.2. The molecule has 19 heavy (non-hydrogen) atoms. The fourth-order valence-corrected chi connectivity index (χ4v) is 2.92. The van der Waals surface area contributed by atoms with Crippen LogP contribution in [0.15, 0.2) is 23.4 Å². The zero-order valence-electron chi connectivity index (χ0n) is 11.2. The minimum atomic E-state index is -3.54. The summed E-state index contributed by atoms with van der Waals surface area (Å²) < 4.78 is 27.0. The predicted molar refractivity (Wildman–Crippen MR) is 74.9 cm³/mol. The lowest BCUT2D eigenvalue weighted by Crippen LogP contribution is -2.33. The molecule has 0 spiro atoms. The highest BCUT2D eigenvalue weighted by Gasteiger charge is 2.18. The van der Waals surface area contributed by atoms with Gasteiger partial charge in [-0.2, -0.15) is 0 Å². The Morgan fingerprint density at radius 3 is 2.63 bits per heavy atom. The van der Waals surface area contributed by atoms with Crippen LogP contribution >= 0.6 is 0 Å². The molecule has 0 unspecified atom stereocenters. The molecule has 0 saturated carbocycles. The first kappa shape index (κ1) is 15.6. The van der Waals surface area contributed by atoms with Gasteiger partial charge in [-0.05, 0) is 18.9 Å². The fraction of sp³-hybridized carbons (Fsp3) is 0.462. The maximum atomic E-state index is 12.2. The van der Waals surface area contributed by atoms with Gasteiger partial charge in [-0.15, -0.1) is 0 Å². The Labute approximate surface area is 114 Å². The molecule has 0 radical (unpaired) electrons. The van der Waals surface area contributed by atoms with Gasteiger partial charge in [-0.3, -0.25) is 4.98 Å². The van der Waals surface area contributed by atoms with Crippen LogP contribution in [0.3, 0.4) is 0 Å². The van der Waals surface area contributed by atoms with E-state index in [0.717, 1.165) is 12.8 Å². The lowest BCUT2D eigenvalue weighted by Gasteiger charge is -2.14. The molecule has 0 aromatic carbocycles. The molecule has 1 heterocycles. The van der Waals surface area contributed by atoms with Crippen molar-refractivity contribution in [1.29, 1.82) is 0 Å². The molecule has 0 aliphatic carbocycles. The van der Waals surface area contributed by atoms with E-state index < -0.39 is 10.0 Å². The highest BCUT2D eigenvalue weighted by Crippen LogP contribution is 2.11. The van der Waals surface area contributed by atoms with Crippen LogP contribution in [0.1, 0.15) is 32.3 Å². The summed E-state index contributed by atoms with van der Waals surface area (Å²) in [5.74, 6) is 5.44. The minimum Gasteiger partial charge on any atom is -0.320 e. The topological polar surface area (TPSA) is 85.1 Å². The minimum absolute atomic E-state index is 0.0659. The van der Waals surface area contributed by atoms with Crippen LogP contribution < -0.4 is 10.5 Å². The van der Waals surface area contributed by atoms with Gasteiger partial charge in [0.25, 0.3) is 0 Å². The van der Waals surface area contributed by atoms with E-state index in [1.807, 2.05) is 13.8 Å². The SMILES string of the molecule is CCC(CC)NS(=O)(=O)c1cncc(C#CCN)c1. The van der Waals surface area contributed by atoms with Crippen LogP contribution in [-0.2, 0) is 10.0 Å². The molecule has 0 aliphatic heterocycles. The van der Waals surface area contributed by atoms with Crippen LogP contribution in [-0.4, -0.2) is 26.0 Å². The van der Waals surface area contributed by atoms with E-state index >= 15 is 0 Å². The van der Waals surface area contributed by atoms with Gasteiger partial charge in [-0.1, -0.05) is 25.7 Å². The molecule has 0 bridgehead atoms. The second kappa shape index (κ2) is 7.24. The van der Waals surface area contributed by atoms with E-state index in [-0.39, 0.29) is 17.5 Å². The summed E-state index contributed by atoms with van der Waals surface area (Å²) in [6.07, 6.45) is 4.32. The van der Waals surface area contributed by atoms with Gasteiger partial charge < -0.3 is 5.73 Å². The number of nitrogens with two attached hydrogens (primary N) is 1. The van der Waals surface area contributed by atoms with Crippen molar-refractivity contribution in [1.82, 2.24) is 9.71 Å². The van der Waals surface area contributed by atoms with Gasteiger partial charge in [0.05, 0.1) is 6.54 Å². The van der Waals surface area contributed by atoms with E-state index in [1.165, 1.54) is 18.5 Å². The molecule has 5 nitrogen and oxygen atoms in total. The summed E-state index contributed by atoms with van der Waals surface area (Å²) >= 11 is 0. The zero-order chi connectivity index (χ0) is 14.3. The van der Waals surface area contributed by atoms with Crippen LogP contribution in [0.4, 0.5) is 0 Å². The Morgan fingerprint density at radius 2 is 2.05 bits per heavy atom. The molecule has 0 amide bonds. The van der Waals surface area contributed by atoms with Crippen LogP contribution in [0.25, 0.3) is 0 Å². The van der Waals surface area contributed by atoms with Crippen LogP contribution in [0, 0.1) is 11.8 Å². The van der Waals surface area contributed by atoms with Crippen molar-refractivity contribution >= 4 is 10.0 Å². The van der Waals surface area contributed by atoms with E-state index in [9.17, 15) is 8.42 Å². The summed E-state index contributed by atoms with van der Waals surface area (Å²) in [5.41, 5.74) is 5.82. The molecule has 6 heteroatoms. The quantitative estimate of drug-likeness (QED) is 0.784. The second-order valence-electron chi connectivity index (χ2n) is 4.05. The summed E-state index contributed by atoms with van der Waals surface area (Å²) in [5, 5.41) is 0. The average molecular weight is 281 g/mol. The Balaban J connectivity index is 3.01. The van der Waals surface area contributed by atoms with Crippen LogP contribution in [0.5, 0.6) is 0 Å². The maximum Gasteiger partial charge on any atom is 0.242 e. The number of nitrogens with zero attached hydrogens (tertiary/aromatic N) is 1. The third kappa shape index (κ3) is 4.63. The Kier molecular flexibility index (Phi) is 5.96. The van der Waals surface area contributed by atoms with Crippen molar-refractivity contribution in [2.45, 2.75) is 37.6 Å². The molecule has 0 saturated heterocycles. The molecule has 3 N–H and O–H groups in total. The molecule has 1 aromatic rings. The Hall–Kier alpha value is -1.42. The van der Waals surface area contributed by atoms with Gasteiger partial charge in [-0.25, -0.2) is 13.1 Å². The second-order valence-corrected chi connectivity index (χ2v) is 5.76. The summed E-state index contributed by atoms with van der Waals surface area (Å²) in [6, 6.07) is 1.43. The molecule has 104 valence electrons. The molecule has 0 aliphatic rings. The molecule has 1 aromatic heterocycles. The van der Waals surface area contributed by atoms with Crippen molar-refractivity contribution in [3.8, 4) is 11.8 Å². The molecular formula is C13H19N3O2S. The highest BCUT2D eigenvalue weighted by molar-refractivity contribution is 7.89. The van der Waals surface area contributed by atoms with Crippen molar-refractivity contribution in [2.24, 2.45) is 5.73 Å². The predicted octanol–water partition coefficient (Wildman–Crippen LogP) is 0.859. The first-order valence-electron chi connectivity index (χ1n) is 6.19. The number of aromatic nitrogens is 1. The number of sulfonamides is 1. The number of hydrogen-bond donors (Lipinski definition) is 2. The summed E-state index contributed by atoms with van der Waals surface area (Å²) in [6.45, 7) is 4.11. The lowest BCUT2D eigenvalue weighted by atomic mass is 10.2. The van der Waals surface area contributed by atoms with Gasteiger partial charge >= 0.3 is 0 Å². The van der Waals surface area contributed by atoms with E-state index in [1.54, 1.807) is 0 Å². The first-order valence-corrected chi connectivity index (χ1v) is 7.68. The standard InChI is InChI=1S/C13H19N3O2S/c1-3-12(4-2)16-19(17,18)13-8-11(6-5-7-14)9-15-10-13/h8-10,12,16H,3-4,7,14H2,1-2H3. The summed E-state index contributed by atoms with van der Waals surface area (Å²) in [7, 11) is -3.54.